The quantitative estimate of drug-likeness (QED) is 0.827. The first-order valence-corrected chi connectivity index (χ1v) is 6.69. The lowest BCUT2D eigenvalue weighted by molar-refractivity contribution is -0.138. The number of hydrogen-bond donors (Lipinski definition) is 2. The Balaban J connectivity index is 3.21. The molecular weight excluding hydrogens is 268 g/mol. The molecule has 0 aliphatic rings. The Kier molecular flexibility index (Phi) is 4.02. The van der Waals surface area contributed by atoms with Gasteiger partial charge in [0, 0.05) is 12.7 Å². The Morgan fingerprint density at radius 2 is 1.94 bits per heavy atom. The second-order valence-electron chi connectivity index (χ2n) is 3.77. The summed E-state index contributed by atoms with van der Waals surface area (Å²) in [5, 5.41) is 8.55. The molecule has 1 aromatic rings. The Morgan fingerprint density at radius 3 is 2.39 bits per heavy atom. The van der Waals surface area contributed by atoms with Gasteiger partial charge in [-0.25, -0.2) is 17.2 Å². The minimum Gasteiger partial charge on any atom is -0.480 e. The van der Waals surface area contributed by atoms with Crippen molar-refractivity contribution in [2.45, 2.75) is 17.4 Å². The molecule has 1 rings (SSSR count). The highest BCUT2D eigenvalue weighted by atomic mass is 32.2. The third-order valence-corrected chi connectivity index (χ3v) is 3.40. The van der Waals surface area contributed by atoms with Crippen LogP contribution in [0.1, 0.15) is 5.56 Å². The van der Waals surface area contributed by atoms with Gasteiger partial charge in [-0.1, -0.05) is 6.07 Å². The zero-order chi connectivity index (χ0) is 14.1. The second kappa shape index (κ2) is 4.99. The first-order chi connectivity index (χ1) is 8.14. The summed E-state index contributed by atoms with van der Waals surface area (Å²) in [5.74, 6) is -4.27. The van der Waals surface area contributed by atoms with Gasteiger partial charge in [-0.3, -0.25) is 4.79 Å². The van der Waals surface area contributed by atoms with E-state index in [0.29, 0.717) is 0 Å². The fourth-order valence-corrected chi connectivity index (χ4v) is 2.07. The van der Waals surface area contributed by atoms with Crippen LogP contribution >= 0.6 is 0 Å². The minimum absolute atomic E-state index is 0.283. The third kappa shape index (κ3) is 3.02. The summed E-state index contributed by atoms with van der Waals surface area (Å²) in [6.07, 6.45) is 0.315. The Morgan fingerprint density at radius 1 is 1.39 bits per heavy atom. The van der Waals surface area contributed by atoms with Crippen LogP contribution < -0.4 is 5.73 Å². The fraction of sp³-hybridized carbons (Fsp3) is 0.300. The van der Waals surface area contributed by atoms with Crippen LogP contribution in [-0.2, 0) is 21.1 Å². The lowest BCUT2D eigenvalue weighted by atomic mass is 10.1. The second-order valence-corrected chi connectivity index (χ2v) is 5.76. The molecule has 0 heterocycles. The fourth-order valence-electron chi connectivity index (χ4n) is 1.34. The van der Waals surface area contributed by atoms with Gasteiger partial charge in [0.2, 0.25) is 0 Å². The van der Waals surface area contributed by atoms with Gasteiger partial charge in [-0.15, -0.1) is 0 Å². The molecule has 0 aliphatic carbocycles. The maximum atomic E-state index is 13.5. The van der Waals surface area contributed by atoms with E-state index in [0.717, 1.165) is 18.4 Å². The lowest BCUT2D eigenvalue weighted by Gasteiger charge is -2.09. The molecule has 0 aromatic heterocycles. The molecule has 0 aliphatic heterocycles. The zero-order valence-electron chi connectivity index (χ0n) is 9.35. The number of halogens is 2. The average Bonchev–Trinajstić information content (AvgIpc) is 2.22. The summed E-state index contributed by atoms with van der Waals surface area (Å²) in [4.78, 5) is 9.72. The summed E-state index contributed by atoms with van der Waals surface area (Å²) in [6, 6.07) is 0.512. The molecule has 3 N–H and O–H groups in total. The van der Waals surface area contributed by atoms with Crippen molar-refractivity contribution in [3.8, 4) is 0 Å². The van der Waals surface area contributed by atoms with Crippen LogP contribution in [0, 0.1) is 11.6 Å². The molecule has 18 heavy (non-hydrogen) atoms. The molecule has 1 aromatic carbocycles. The predicted octanol–water partition coefficient (Wildman–Crippen LogP) is 0.323. The summed E-state index contributed by atoms with van der Waals surface area (Å²) >= 11 is 0. The molecule has 0 radical (unpaired) electrons. The van der Waals surface area contributed by atoms with Crippen LogP contribution in [-0.4, -0.2) is 31.8 Å². The zero-order valence-corrected chi connectivity index (χ0v) is 10.2. The number of carbonyl (C=O) groups is 1. The van der Waals surface area contributed by atoms with Crippen LogP contribution in [0.4, 0.5) is 8.78 Å². The first kappa shape index (κ1) is 14.5. The van der Waals surface area contributed by atoms with E-state index < -0.39 is 44.8 Å². The number of aliphatic carboxylic acids is 1. The minimum atomic E-state index is -3.88. The average molecular weight is 279 g/mol. The monoisotopic (exact) mass is 279 g/mol. The molecule has 0 amide bonds. The lowest BCUT2D eigenvalue weighted by Crippen LogP contribution is -2.32. The molecule has 0 fully saturated rings. The standard InChI is InChI=1S/C10H11F2NO4S/c1-18(16,17)7-3-2-5(8(11)9(7)12)4-6(13)10(14)15/h2-3,6H,4,13H2,1H3,(H,14,15). The van der Waals surface area contributed by atoms with Crippen molar-refractivity contribution in [3.63, 3.8) is 0 Å². The number of benzene rings is 1. The predicted molar refractivity (Wildman–Crippen MR) is 58.8 cm³/mol. The molecular formula is C10H11F2NO4S. The van der Waals surface area contributed by atoms with E-state index in [1.165, 1.54) is 0 Å². The van der Waals surface area contributed by atoms with E-state index in [1.807, 2.05) is 0 Å². The van der Waals surface area contributed by atoms with Crippen molar-refractivity contribution in [1.82, 2.24) is 0 Å². The Labute approximate surface area is 102 Å². The Bertz CT molecular complexity index is 586. The molecule has 0 saturated heterocycles. The number of rotatable bonds is 4. The SMILES string of the molecule is CS(=O)(=O)c1ccc(CC(N)C(=O)O)c(F)c1F. The van der Waals surface area contributed by atoms with E-state index in [-0.39, 0.29) is 5.56 Å². The number of carboxylic acids is 1. The molecule has 0 spiro atoms. The van der Waals surface area contributed by atoms with Crippen LogP contribution in [0.3, 0.4) is 0 Å². The maximum Gasteiger partial charge on any atom is 0.320 e. The third-order valence-electron chi connectivity index (χ3n) is 2.28. The Hall–Kier alpha value is -1.54. The van der Waals surface area contributed by atoms with E-state index in [4.69, 9.17) is 10.8 Å². The van der Waals surface area contributed by atoms with Gasteiger partial charge in [-0.2, -0.15) is 0 Å². The van der Waals surface area contributed by atoms with E-state index >= 15 is 0 Å². The van der Waals surface area contributed by atoms with Crippen LogP contribution in [0.5, 0.6) is 0 Å². The highest BCUT2D eigenvalue weighted by molar-refractivity contribution is 7.90. The van der Waals surface area contributed by atoms with Crippen molar-refractivity contribution >= 4 is 15.8 Å². The normalized spacial score (nSPS) is 13.3. The van der Waals surface area contributed by atoms with Crippen LogP contribution in [0.25, 0.3) is 0 Å². The van der Waals surface area contributed by atoms with Crippen molar-refractivity contribution in [3.05, 3.63) is 29.3 Å². The van der Waals surface area contributed by atoms with Crippen molar-refractivity contribution in [1.29, 1.82) is 0 Å². The molecule has 8 heteroatoms. The van der Waals surface area contributed by atoms with Gasteiger partial charge in [0.1, 0.15) is 10.9 Å². The van der Waals surface area contributed by atoms with Gasteiger partial charge < -0.3 is 10.8 Å². The van der Waals surface area contributed by atoms with Gasteiger partial charge in [0.05, 0.1) is 0 Å². The molecule has 5 nitrogen and oxygen atoms in total. The first-order valence-electron chi connectivity index (χ1n) is 4.80. The van der Waals surface area contributed by atoms with E-state index in [2.05, 4.69) is 0 Å². The van der Waals surface area contributed by atoms with Crippen molar-refractivity contribution in [2.24, 2.45) is 5.73 Å². The number of nitrogens with two attached hydrogens (primary N) is 1. The topological polar surface area (TPSA) is 97.5 Å². The molecule has 1 atom stereocenters. The largest absolute Gasteiger partial charge is 0.480 e. The van der Waals surface area contributed by atoms with Crippen LogP contribution in [0.15, 0.2) is 17.0 Å². The summed E-state index contributed by atoms with van der Waals surface area (Å²) < 4.78 is 49.2. The van der Waals surface area contributed by atoms with Crippen molar-refractivity contribution < 1.29 is 27.1 Å². The maximum absolute atomic E-state index is 13.5. The van der Waals surface area contributed by atoms with E-state index in [9.17, 15) is 22.0 Å². The van der Waals surface area contributed by atoms with Gasteiger partial charge in [-0.05, 0) is 11.6 Å². The van der Waals surface area contributed by atoms with Gasteiger partial charge in [0.25, 0.3) is 0 Å². The molecule has 1 unspecified atom stereocenters. The smallest absolute Gasteiger partial charge is 0.320 e. The summed E-state index contributed by atoms with van der Waals surface area (Å²) in [7, 11) is -3.88. The van der Waals surface area contributed by atoms with Crippen molar-refractivity contribution in [2.75, 3.05) is 6.26 Å². The molecule has 0 saturated carbocycles. The van der Waals surface area contributed by atoms with Crippen LogP contribution in [0.2, 0.25) is 0 Å². The summed E-state index contributed by atoms with van der Waals surface area (Å²) in [5.41, 5.74) is 4.90. The van der Waals surface area contributed by atoms with Gasteiger partial charge in [0.15, 0.2) is 21.5 Å². The van der Waals surface area contributed by atoms with E-state index in [1.54, 1.807) is 0 Å². The molecule has 0 bridgehead atoms. The van der Waals surface area contributed by atoms with Gasteiger partial charge >= 0.3 is 5.97 Å². The summed E-state index contributed by atoms with van der Waals surface area (Å²) in [6.45, 7) is 0. The number of hydrogen-bond acceptors (Lipinski definition) is 4. The highest BCUT2D eigenvalue weighted by Crippen LogP contribution is 2.21. The molecule has 100 valence electrons. The number of sulfone groups is 1. The number of carboxylic acid groups (broad SMARTS) is 1. The highest BCUT2D eigenvalue weighted by Gasteiger charge is 2.22.